The van der Waals surface area contributed by atoms with Gasteiger partial charge >= 0.3 is 0 Å². The predicted octanol–water partition coefficient (Wildman–Crippen LogP) is 8.11. The highest BCUT2D eigenvalue weighted by Gasteiger charge is 2.19. The summed E-state index contributed by atoms with van der Waals surface area (Å²) in [6.45, 7) is 4.16. The minimum absolute atomic E-state index is 0.116. The molecule has 0 saturated carbocycles. The molecule has 2 atom stereocenters. The van der Waals surface area contributed by atoms with Crippen molar-refractivity contribution in [2.24, 2.45) is 0 Å². The molecular weight excluding hydrogens is 446 g/mol. The summed E-state index contributed by atoms with van der Waals surface area (Å²) in [5.74, 6) is -0.116. The maximum atomic E-state index is 12.2. The van der Waals surface area contributed by atoms with Crippen molar-refractivity contribution >= 4 is 5.91 Å². The third kappa shape index (κ3) is 24.1. The van der Waals surface area contributed by atoms with Gasteiger partial charge in [0.25, 0.3) is 0 Å². The standard InChI is InChI=1S/C32H57NO3/c1-3-5-7-9-11-13-15-16-18-20-22-24-26-28-32(36)33-30(29-34)31(35)27-25-23-21-19-17-14-12-10-8-6-4-2/h5,7,11,13,16,18,22,24,30-31,34-35H,3-4,6,8-10,12,14-15,17,19-21,23,25-29H2,1-2H3,(H,33,36)/b7-5-,13-11-,18-16-,24-22-. The molecule has 0 bridgehead atoms. The van der Waals surface area contributed by atoms with E-state index in [1.165, 1.54) is 57.8 Å². The van der Waals surface area contributed by atoms with Crippen molar-refractivity contribution in [3.63, 3.8) is 0 Å². The Morgan fingerprint density at radius 3 is 1.67 bits per heavy atom. The summed E-state index contributed by atoms with van der Waals surface area (Å²) in [5, 5.41) is 22.8. The zero-order chi connectivity index (χ0) is 26.5. The van der Waals surface area contributed by atoms with E-state index in [9.17, 15) is 15.0 Å². The zero-order valence-corrected chi connectivity index (χ0v) is 23.5. The highest BCUT2D eigenvalue weighted by atomic mass is 16.3. The van der Waals surface area contributed by atoms with Crippen molar-refractivity contribution in [3.05, 3.63) is 48.6 Å². The first kappa shape index (κ1) is 34.4. The van der Waals surface area contributed by atoms with Crippen LogP contribution in [0.2, 0.25) is 0 Å². The predicted molar refractivity (Wildman–Crippen MR) is 156 cm³/mol. The number of nitrogens with one attached hydrogen (secondary N) is 1. The average Bonchev–Trinajstić information content (AvgIpc) is 2.88. The van der Waals surface area contributed by atoms with Crippen LogP contribution < -0.4 is 5.32 Å². The highest BCUT2D eigenvalue weighted by Crippen LogP contribution is 2.13. The summed E-state index contributed by atoms with van der Waals surface area (Å²) in [5.41, 5.74) is 0. The van der Waals surface area contributed by atoms with E-state index in [-0.39, 0.29) is 12.5 Å². The quantitative estimate of drug-likeness (QED) is 0.0870. The Bertz CT molecular complexity index is 594. The van der Waals surface area contributed by atoms with Crippen molar-refractivity contribution in [2.45, 2.75) is 142 Å². The molecule has 4 heteroatoms. The second-order valence-electron chi connectivity index (χ2n) is 9.79. The summed E-state index contributed by atoms with van der Waals surface area (Å²) < 4.78 is 0. The molecule has 0 aromatic rings. The first-order valence-corrected chi connectivity index (χ1v) is 14.8. The zero-order valence-electron chi connectivity index (χ0n) is 23.5. The van der Waals surface area contributed by atoms with Crippen molar-refractivity contribution in [2.75, 3.05) is 6.61 Å². The van der Waals surface area contributed by atoms with Gasteiger partial charge in [-0.25, -0.2) is 0 Å². The molecule has 1 amide bonds. The maximum absolute atomic E-state index is 12.2. The summed E-state index contributed by atoms with van der Waals surface area (Å²) >= 11 is 0. The lowest BCUT2D eigenvalue weighted by molar-refractivity contribution is -0.123. The molecule has 0 aromatic carbocycles. The van der Waals surface area contributed by atoms with Crippen molar-refractivity contribution in [3.8, 4) is 0 Å². The van der Waals surface area contributed by atoms with Crippen LogP contribution in [0.4, 0.5) is 0 Å². The average molecular weight is 504 g/mol. The molecule has 0 radical (unpaired) electrons. The number of hydrogen-bond acceptors (Lipinski definition) is 3. The fourth-order valence-electron chi connectivity index (χ4n) is 4.07. The number of hydrogen-bond donors (Lipinski definition) is 3. The molecule has 0 rings (SSSR count). The van der Waals surface area contributed by atoms with Gasteiger partial charge in [0, 0.05) is 6.42 Å². The molecule has 0 aliphatic heterocycles. The number of carbonyl (C=O) groups is 1. The number of carbonyl (C=O) groups excluding carboxylic acids is 1. The van der Waals surface area contributed by atoms with Crippen molar-refractivity contribution < 1.29 is 15.0 Å². The third-order valence-corrected chi connectivity index (χ3v) is 6.37. The molecule has 208 valence electrons. The van der Waals surface area contributed by atoms with E-state index in [1.807, 2.05) is 6.08 Å². The smallest absolute Gasteiger partial charge is 0.220 e. The molecular formula is C32H57NO3. The molecule has 0 aliphatic rings. The number of rotatable bonds is 25. The Labute approximate surface area is 223 Å². The van der Waals surface area contributed by atoms with E-state index < -0.39 is 12.1 Å². The van der Waals surface area contributed by atoms with E-state index in [4.69, 9.17) is 0 Å². The normalized spacial score (nSPS) is 14.0. The van der Waals surface area contributed by atoms with Gasteiger partial charge in [0.15, 0.2) is 0 Å². The van der Waals surface area contributed by atoms with Gasteiger partial charge in [0.05, 0.1) is 18.8 Å². The first-order chi connectivity index (χ1) is 17.7. The number of aliphatic hydroxyl groups is 2. The molecule has 0 saturated heterocycles. The lowest BCUT2D eigenvalue weighted by Crippen LogP contribution is -2.45. The molecule has 0 fully saturated rings. The maximum Gasteiger partial charge on any atom is 0.220 e. The topological polar surface area (TPSA) is 69.6 Å². The molecule has 4 nitrogen and oxygen atoms in total. The molecule has 36 heavy (non-hydrogen) atoms. The Kier molecular flexibility index (Phi) is 26.6. The highest BCUT2D eigenvalue weighted by molar-refractivity contribution is 5.76. The number of amides is 1. The minimum atomic E-state index is -0.685. The second-order valence-corrected chi connectivity index (χ2v) is 9.79. The van der Waals surface area contributed by atoms with Crippen LogP contribution in [0, 0.1) is 0 Å². The Balaban J connectivity index is 3.79. The SMILES string of the molecule is CC/C=C\C/C=C\C/C=C\C/C=C\CCC(=O)NC(CO)C(O)CCCCCCCCCCCCC. The van der Waals surface area contributed by atoms with Gasteiger partial charge in [-0.15, -0.1) is 0 Å². The van der Waals surface area contributed by atoms with Crippen LogP contribution in [-0.2, 0) is 4.79 Å². The van der Waals surface area contributed by atoms with Crippen LogP contribution in [0.5, 0.6) is 0 Å². The van der Waals surface area contributed by atoms with Crippen LogP contribution in [0.25, 0.3) is 0 Å². The van der Waals surface area contributed by atoms with E-state index in [0.717, 1.165) is 38.5 Å². The van der Waals surface area contributed by atoms with E-state index in [2.05, 4.69) is 61.7 Å². The number of aliphatic hydroxyl groups excluding tert-OH is 2. The number of allylic oxidation sites excluding steroid dienone is 8. The van der Waals surface area contributed by atoms with Crippen molar-refractivity contribution in [1.29, 1.82) is 0 Å². The summed E-state index contributed by atoms with van der Waals surface area (Å²) in [4.78, 5) is 12.2. The van der Waals surface area contributed by atoms with Gasteiger partial charge in [0.1, 0.15) is 0 Å². The molecule has 2 unspecified atom stereocenters. The third-order valence-electron chi connectivity index (χ3n) is 6.37. The van der Waals surface area contributed by atoms with Gasteiger partial charge in [-0.2, -0.15) is 0 Å². The van der Waals surface area contributed by atoms with Gasteiger partial charge < -0.3 is 15.5 Å². The molecule has 0 aliphatic carbocycles. The molecule has 0 aromatic heterocycles. The van der Waals surface area contributed by atoms with E-state index in [0.29, 0.717) is 19.3 Å². The lowest BCUT2D eigenvalue weighted by Gasteiger charge is -2.22. The first-order valence-electron chi connectivity index (χ1n) is 14.8. The van der Waals surface area contributed by atoms with Crippen LogP contribution in [0.1, 0.15) is 129 Å². The second kappa shape index (κ2) is 27.9. The summed E-state index contributed by atoms with van der Waals surface area (Å²) in [7, 11) is 0. The Morgan fingerprint density at radius 1 is 0.694 bits per heavy atom. The van der Waals surface area contributed by atoms with E-state index >= 15 is 0 Å². The fraction of sp³-hybridized carbons (Fsp3) is 0.719. The van der Waals surface area contributed by atoms with Crippen LogP contribution in [0.15, 0.2) is 48.6 Å². The van der Waals surface area contributed by atoms with Crippen LogP contribution in [0.3, 0.4) is 0 Å². The van der Waals surface area contributed by atoms with Gasteiger partial charge in [-0.1, -0.05) is 133 Å². The molecule has 0 heterocycles. The van der Waals surface area contributed by atoms with E-state index in [1.54, 1.807) is 0 Å². The minimum Gasteiger partial charge on any atom is -0.394 e. The summed E-state index contributed by atoms with van der Waals surface area (Å²) in [6.07, 6.45) is 35.9. The largest absolute Gasteiger partial charge is 0.394 e. The Hall–Kier alpha value is -1.65. The molecule has 0 spiro atoms. The van der Waals surface area contributed by atoms with Crippen LogP contribution >= 0.6 is 0 Å². The van der Waals surface area contributed by atoms with Crippen molar-refractivity contribution in [1.82, 2.24) is 5.32 Å². The van der Waals surface area contributed by atoms with Gasteiger partial charge in [-0.3, -0.25) is 4.79 Å². The Morgan fingerprint density at radius 2 is 1.17 bits per heavy atom. The fourth-order valence-corrected chi connectivity index (χ4v) is 4.07. The summed E-state index contributed by atoms with van der Waals surface area (Å²) in [6, 6.07) is -0.571. The van der Waals surface area contributed by atoms with Gasteiger partial charge in [-0.05, 0) is 38.5 Å². The van der Waals surface area contributed by atoms with Crippen LogP contribution in [-0.4, -0.2) is 34.9 Å². The van der Waals surface area contributed by atoms with Gasteiger partial charge in [0.2, 0.25) is 5.91 Å². The monoisotopic (exact) mass is 503 g/mol. The molecule has 3 N–H and O–H groups in total. The number of unbranched alkanes of at least 4 members (excludes halogenated alkanes) is 10. The lowest BCUT2D eigenvalue weighted by atomic mass is 10.0.